The van der Waals surface area contributed by atoms with Gasteiger partial charge in [-0.1, -0.05) is 22.4 Å². The van der Waals surface area contributed by atoms with E-state index in [4.69, 9.17) is 5.73 Å². The Bertz CT molecular complexity index is 453. The summed E-state index contributed by atoms with van der Waals surface area (Å²) in [7, 11) is 0. The molecule has 0 bridgehead atoms. The summed E-state index contributed by atoms with van der Waals surface area (Å²) in [6, 6.07) is 5.18. The first-order chi connectivity index (χ1) is 8.61. The number of nitro groups is 1. The zero-order valence-corrected chi connectivity index (χ0v) is 11.5. The van der Waals surface area contributed by atoms with E-state index in [1.54, 1.807) is 12.1 Å². The van der Waals surface area contributed by atoms with Crippen molar-refractivity contribution >= 4 is 27.3 Å². The first-order valence-electron chi connectivity index (χ1n) is 6.02. The van der Waals surface area contributed by atoms with Crippen molar-refractivity contribution in [1.82, 2.24) is 0 Å². The number of halogens is 1. The molecule has 98 valence electrons. The molecule has 3 N–H and O–H groups in total. The molecule has 0 spiro atoms. The summed E-state index contributed by atoms with van der Waals surface area (Å²) in [4.78, 5) is 10.6. The Morgan fingerprint density at radius 3 is 2.94 bits per heavy atom. The van der Waals surface area contributed by atoms with Gasteiger partial charge in [-0.3, -0.25) is 10.1 Å². The van der Waals surface area contributed by atoms with Crippen molar-refractivity contribution in [3.05, 3.63) is 32.8 Å². The number of nitrogens with zero attached hydrogens (tertiary/aromatic N) is 1. The number of benzene rings is 1. The van der Waals surface area contributed by atoms with Crippen molar-refractivity contribution in [1.29, 1.82) is 0 Å². The van der Waals surface area contributed by atoms with Crippen molar-refractivity contribution < 1.29 is 4.92 Å². The fourth-order valence-corrected chi connectivity index (χ4v) is 2.85. The van der Waals surface area contributed by atoms with Crippen LogP contribution in [0.4, 0.5) is 11.4 Å². The maximum absolute atomic E-state index is 11.0. The second kappa shape index (κ2) is 5.67. The molecule has 0 aliphatic heterocycles. The van der Waals surface area contributed by atoms with Gasteiger partial charge in [0, 0.05) is 16.6 Å². The van der Waals surface area contributed by atoms with Crippen LogP contribution in [0.5, 0.6) is 0 Å². The number of nitrogens with one attached hydrogen (secondary N) is 1. The Hall–Kier alpha value is -1.14. The van der Waals surface area contributed by atoms with Crippen LogP contribution in [-0.4, -0.2) is 17.5 Å². The molecular formula is C12H16BrN3O2. The van der Waals surface area contributed by atoms with Crippen molar-refractivity contribution in [3.63, 3.8) is 0 Å². The van der Waals surface area contributed by atoms with E-state index in [-0.39, 0.29) is 16.7 Å². The minimum absolute atomic E-state index is 0.112. The lowest BCUT2D eigenvalue weighted by molar-refractivity contribution is -0.384. The Balaban J connectivity index is 2.22. The van der Waals surface area contributed by atoms with Crippen LogP contribution < -0.4 is 11.1 Å². The molecule has 2 unspecified atom stereocenters. The third kappa shape index (κ3) is 2.81. The highest BCUT2D eigenvalue weighted by atomic mass is 79.9. The van der Waals surface area contributed by atoms with Crippen LogP contribution in [0.1, 0.15) is 19.3 Å². The van der Waals surface area contributed by atoms with Crippen LogP contribution in [0.15, 0.2) is 22.7 Å². The zero-order valence-electron chi connectivity index (χ0n) is 9.93. The Labute approximate surface area is 114 Å². The zero-order chi connectivity index (χ0) is 13.1. The molecule has 2 rings (SSSR count). The van der Waals surface area contributed by atoms with Gasteiger partial charge < -0.3 is 11.1 Å². The highest BCUT2D eigenvalue weighted by Gasteiger charge is 2.27. The molecule has 1 aromatic carbocycles. The van der Waals surface area contributed by atoms with Crippen LogP contribution in [-0.2, 0) is 0 Å². The Morgan fingerprint density at radius 1 is 1.50 bits per heavy atom. The van der Waals surface area contributed by atoms with Crippen LogP contribution in [0.3, 0.4) is 0 Å². The van der Waals surface area contributed by atoms with Crippen LogP contribution in [0.25, 0.3) is 0 Å². The molecule has 1 aromatic rings. The van der Waals surface area contributed by atoms with Gasteiger partial charge in [-0.2, -0.15) is 0 Å². The third-order valence-corrected chi connectivity index (χ3v) is 3.95. The van der Waals surface area contributed by atoms with E-state index in [2.05, 4.69) is 21.2 Å². The van der Waals surface area contributed by atoms with E-state index in [9.17, 15) is 10.1 Å². The summed E-state index contributed by atoms with van der Waals surface area (Å²) in [6.07, 6.45) is 3.24. The molecule has 18 heavy (non-hydrogen) atoms. The molecule has 0 amide bonds. The number of nitro benzene ring substituents is 1. The topological polar surface area (TPSA) is 81.2 Å². The van der Waals surface area contributed by atoms with Gasteiger partial charge in [-0.05, 0) is 37.4 Å². The van der Waals surface area contributed by atoms with Crippen LogP contribution >= 0.6 is 15.9 Å². The molecule has 2 atom stereocenters. The molecular weight excluding hydrogens is 298 g/mol. The second-order valence-corrected chi connectivity index (χ2v) is 5.51. The minimum atomic E-state index is -0.360. The van der Waals surface area contributed by atoms with E-state index in [0.717, 1.165) is 23.7 Å². The van der Waals surface area contributed by atoms with E-state index < -0.39 is 0 Å². The van der Waals surface area contributed by atoms with Gasteiger partial charge >= 0.3 is 0 Å². The lowest BCUT2D eigenvalue weighted by atomic mass is 10.0. The first-order valence-corrected chi connectivity index (χ1v) is 6.81. The molecule has 5 nitrogen and oxygen atoms in total. The lowest BCUT2D eigenvalue weighted by Gasteiger charge is -2.20. The fourth-order valence-electron chi connectivity index (χ4n) is 2.49. The molecule has 1 saturated carbocycles. The summed E-state index contributed by atoms with van der Waals surface area (Å²) in [5.74, 6) is 0.406. The van der Waals surface area contributed by atoms with Gasteiger partial charge in [0.2, 0.25) is 0 Å². The first kappa shape index (κ1) is 13.3. The van der Waals surface area contributed by atoms with Gasteiger partial charge in [0.25, 0.3) is 5.69 Å². The molecule has 6 heteroatoms. The number of anilines is 1. The monoisotopic (exact) mass is 313 g/mol. The quantitative estimate of drug-likeness (QED) is 0.661. The normalized spacial score (nSPS) is 23.0. The minimum Gasteiger partial charge on any atom is -0.376 e. The number of rotatable bonds is 4. The second-order valence-electron chi connectivity index (χ2n) is 4.60. The van der Waals surface area contributed by atoms with Gasteiger partial charge in [0.15, 0.2) is 0 Å². The Morgan fingerprint density at radius 2 is 2.28 bits per heavy atom. The summed E-state index contributed by atoms with van der Waals surface area (Å²) in [6.45, 7) is 0.624. The summed E-state index contributed by atoms with van der Waals surface area (Å²) >= 11 is 3.34. The summed E-state index contributed by atoms with van der Waals surface area (Å²) in [5, 5.41) is 14.3. The molecule has 1 aliphatic rings. The molecule has 0 aromatic heterocycles. The Kier molecular flexibility index (Phi) is 4.19. The molecule has 0 radical (unpaired) electrons. The van der Waals surface area contributed by atoms with E-state index >= 15 is 0 Å². The predicted octanol–water partition coefficient (Wildman–Crippen LogP) is 2.90. The highest BCUT2D eigenvalue weighted by Crippen LogP contribution is 2.33. The van der Waals surface area contributed by atoms with E-state index in [0.29, 0.717) is 18.2 Å². The number of hydrogen-bond acceptors (Lipinski definition) is 4. The van der Waals surface area contributed by atoms with Crippen molar-refractivity contribution in [3.8, 4) is 0 Å². The van der Waals surface area contributed by atoms with Crippen molar-refractivity contribution in [2.45, 2.75) is 25.3 Å². The molecule has 0 heterocycles. The maximum Gasteiger partial charge on any atom is 0.292 e. The van der Waals surface area contributed by atoms with Gasteiger partial charge in [0.1, 0.15) is 5.69 Å². The average molecular weight is 314 g/mol. The van der Waals surface area contributed by atoms with Crippen LogP contribution in [0.2, 0.25) is 0 Å². The number of nitrogens with two attached hydrogens (primary N) is 1. The van der Waals surface area contributed by atoms with Crippen molar-refractivity contribution in [2.24, 2.45) is 11.7 Å². The van der Waals surface area contributed by atoms with E-state index in [1.807, 2.05) is 0 Å². The standard InChI is InChI=1S/C12H16BrN3O2/c13-9-4-5-12(16(17)18)11(6-9)15-10-3-1-2-8(10)7-14/h4-6,8,10,15H,1-3,7,14H2. The van der Waals surface area contributed by atoms with Gasteiger partial charge in [-0.25, -0.2) is 0 Å². The lowest BCUT2D eigenvalue weighted by Crippen LogP contribution is -2.29. The van der Waals surface area contributed by atoms with Gasteiger partial charge in [0.05, 0.1) is 4.92 Å². The summed E-state index contributed by atoms with van der Waals surface area (Å²) in [5.41, 5.74) is 6.40. The molecule has 1 aliphatic carbocycles. The van der Waals surface area contributed by atoms with E-state index in [1.165, 1.54) is 6.07 Å². The smallest absolute Gasteiger partial charge is 0.292 e. The fraction of sp³-hybridized carbons (Fsp3) is 0.500. The van der Waals surface area contributed by atoms with Crippen LogP contribution in [0, 0.1) is 16.0 Å². The SMILES string of the molecule is NCC1CCCC1Nc1cc(Br)ccc1[N+](=O)[O-]. The predicted molar refractivity (Wildman–Crippen MR) is 74.6 cm³/mol. The largest absolute Gasteiger partial charge is 0.376 e. The molecule has 0 saturated heterocycles. The van der Waals surface area contributed by atoms with Crippen molar-refractivity contribution in [2.75, 3.05) is 11.9 Å². The highest BCUT2D eigenvalue weighted by molar-refractivity contribution is 9.10. The molecule has 1 fully saturated rings. The maximum atomic E-state index is 11.0. The summed E-state index contributed by atoms with van der Waals surface area (Å²) < 4.78 is 0.831. The average Bonchev–Trinajstić information content (AvgIpc) is 2.76. The third-order valence-electron chi connectivity index (χ3n) is 3.46. The number of hydrogen-bond donors (Lipinski definition) is 2. The van der Waals surface area contributed by atoms with Gasteiger partial charge in [-0.15, -0.1) is 0 Å².